The van der Waals surface area contributed by atoms with Gasteiger partial charge in [-0.15, -0.1) is 0 Å². The van der Waals surface area contributed by atoms with E-state index in [0.29, 0.717) is 6.04 Å². The summed E-state index contributed by atoms with van der Waals surface area (Å²) in [6.45, 7) is 8.91. The van der Waals surface area contributed by atoms with Crippen molar-refractivity contribution in [1.29, 1.82) is 0 Å². The van der Waals surface area contributed by atoms with E-state index in [0.717, 1.165) is 61.9 Å². The molecule has 1 unspecified atom stereocenters. The Labute approximate surface area is 127 Å². The van der Waals surface area contributed by atoms with Crippen LogP contribution in [0.1, 0.15) is 44.5 Å². The average Bonchev–Trinajstić information content (AvgIpc) is 2.66. The molecule has 0 amide bonds. The summed E-state index contributed by atoms with van der Waals surface area (Å²) in [5.74, 6) is 0. The highest BCUT2D eigenvalue weighted by atomic mass is 35.5. The number of nitrogens with one attached hydrogen (secondary N) is 1. The number of hydrogen-bond acceptors (Lipinski definition) is 3. The molecule has 4 nitrogen and oxygen atoms in total. The van der Waals surface area contributed by atoms with Crippen LogP contribution in [0.5, 0.6) is 0 Å². The fraction of sp³-hybridized carbons (Fsp3) is 0.800. The average molecular weight is 302 g/mol. The van der Waals surface area contributed by atoms with Crippen LogP contribution in [0.15, 0.2) is 0 Å². The zero-order valence-corrected chi connectivity index (χ0v) is 14.0. The predicted octanol–water partition coefficient (Wildman–Crippen LogP) is 3.11. The molecule has 5 heteroatoms. The van der Waals surface area contributed by atoms with Crippen LogP contribution in [-0.4, -0.2) is 35.6 Å². The minimum Gasteiger partial charge on any atom is -0.381 e. The summed E-state index contributed by atoms with van der Waals surface area (Å²) in [6.07, 6.45) is 4.09. The van der Waals surface area contributed by atoms with Crippen molar-refractivity contribution in [3.63, 3.8) is 0 Å². The van der Waals surface area contributed by atoms with Gasteiger partial charge in [0.15, 0.2) is 0 Å². The fourth-order valence-corrected chi connectivity index (χ4v) is 2.47. The fourth-order valence-electron chi connectivity index (χ4n) is 2.23. The first-order chi connectivity index (χ1) is 9.60. The Morgan fingerprint density at radius 3 is 2.60 bits per heavy atom. The summed E-state index contributed by atoms with van der Waals surface area (Å²) >= 11 is 6.33. The predicted molar refractivity (Wildman–Crippen MR) is 84.5 cm³/mol. The molecule has 1 N–H and O–H groups in total. The van der Waals surface area contributed by atoms with Crippen molar-refractivity contribution in [1.82, 2.24) is 15.1 Å². The van der Waals surface area contributed by atoms with Crippen molar-refractivity contribution >= 4 is 11.6 Å². The molecule has 1 atom stereocenters. The normalized spacial score (nSPS) is 12.8. The summed E-state index contributed by atoms with van der Waals surface area (Å²) in [7, 11) is 1.96. The van der Waals surface area contributed by atoms with Gasteiger partial charge in [-0.2, -0.15) is 5.10 Å². The second-order valence-electron chi connectivity index (χ2n) is 5.23. The minimum atomic E-state index is 0.388. The Kier molecular flexibility index (Phi) is 8.19. The van der Waals surface area contributed by atoms with Gasteiger partial charge in [0.05, 0.1) is 16.4 Å². The third-order valence-electron chi connectivity index (χ3n) is 3.34. The van der Waals surface area contributed by atoms with Crippen LogP contribution in [0.2, 0.25) is 5.02 Å². The molecule has 0 aliphatic heterocycles. The maximum Gasteiger partial charge on any atom is 0.0847 e. The number of halogens is 1. The second kappa shape index (κ2) is 9.37. The van der Waals surface area contributed by atoms with E-state index in [1.54, 1.807) is 0 Å². The number of rotatable bonds is 10. The zero-order chi connectivity index (χ0) is 15.0. The number of hydrogen-bond donors (Lipinski definition) is 1. The lowest BCUT2D eigenvalue weighted by Crippen LogP contribution is -2.33. The Hall–Kier alpha value is -0.580. The zero-order valence-electron chi connectivity index (χ0n) is 13.2. The van der Waals surface area contributed by atoms with Crippen LogP contribution in [-0.2, 0) is 18.2 Å². The molecule has 20 heavy (non-hydrogen) atoms. The van der Waals surface area contributed by atoms with Gasteiger partial charge >= 0.3 is 0 Å². The second-order valence-corrected chi connectivity index (χ2v) is 5.60. The molecule has 1 heterocycles. The van der Waals surface area contributed by atoms with Gasteiger partial charge in [0, 0.05) is 32.7 Å². The van der Waals surface area contributed by atoms with Crippen molar-refractivity contribution in [2.24, 2.45) is 7.05 Å². The van der Waals surface area contributed by atoms with E-state index in [2.05, 4.69) is 24.3 Å². The van der Waals surface area contributed by atoms with E-state index in [1.165, 1.54) is 0 Å². The Morgan fingerprint density at radius 2 is 2.05 bits per heavy atom. The number of nitrogens with zero attached hydrogens (tertiary/aromatic N) is 2. The molecule has 1 rings (SSSR count). The van der Waals surface area contributed by atoms with Gasteiger partial charge in [0.1, 0.15) is 0 Å². The molecule has 0 aromatic carbocycles. The van der Waals surface area contributed by atoms with E-state index < -0.39 is 0 Å². The summed E-state index contributed by atoms with van der Waals surface area (Å²) in [5, 5.41) is 8.75. The van der Waals surface area contributed by atoms with Crippen molar-refractivity contribution in [3.8, 4) is 0 Å². The van der Waals surface area contributed by atoms with Crippen molar-refractivity contribution < 1.29 is 4.74 Å². The highest BCUT2D eigenvalue weighted by Crippen LogP contribution is 2.21. The smallest absolute Gasteiger partial charge is 0.0847 e. The minimum absolute atomic E-state index is 0.388. The first kappa shape index (κ1) is 17.5. The summed E-state index contributed by atoms with van der Waals surface area (Å²) in [4.78, 5) is 0. The molecule has 0 aliphatic carbocycles. The van der Waals surface area contributed by atoms with Gasteiger partial charge in [0.2, 0.25) is 0 Å². The van der Waals surface area contributed by atoms with Gasteiger partial charge in [-0.25, -0.2) is 0 Å². The topological polar surface area (TPSA) is 39.1 Å². The SMILES string of the molecule is CCCNC(CCOCCC)Cc1c(Cl)c(C)nn1C. The Bertz CT molecular complexity index is 393. The van der Waals surface area contributed by atoms with Crippen LogP contribution in [0.3, 0.4) is 0 Å². The lowest BCUT2D eigenvalue weighted by molar-refractivity contribution is 0.124. The lowest BCUT2D eigenvalue weighted by atomic mass is 10.1. The molecule has 116 valence electrons. The molecule has 0 spiro atoms. The van der Waals surface area contributed by atoms with Gasteiger partial charge in [0.25, 0.3) is 0 Å². The van der Waals surface area contributed by atoms with Crippen molar-refractivity contribution in [3.05, 3.63) is 16.4 Å². The summed E-state index contributed by atoms with van der Waals surface area (Å²) in [5.41, 5.74) is 2.01. The quantitative estimate of drug-likeness (QED) is 0.675. The van der Waals surface area contributed by atoms with Crippen LogP contribution in [0.25, 0.3) is 0 Å². The van der Waals surface area contributed by atoms with Crippen LogP contribution < -0.4 is 5.32 Å². The van der Waals surface area contributed by atoms with E-state index in [9.17, 15) is 0 Å². The third-order valence-corrected chi connectivity index (χ3v) is 3.84. The van der Waals surface area contributed by atoms with Gasteiger partial charge in [-0.1, -0.05) is 25.4 Å². The molecular weight excluding hydrogens is 274 g/mol. The summed E-state index contributed by atoms with van der Waals surface area (Å²) < 4.78 is 7.50. The van der Waals surface area contributed by atoms with E-state index in [-0.39, 0.29) is 0 Å². The maximum atomic E-state index is 6.33. The lowest BCUT2D eigenvalue weighted by Gasteiger charge is -2.19. The molecule has 0 aliphatic rings. The standard InChI is InChI=1S/C15H28ClN3O/c1-5-8-17-13(7-10-20-9-6-2)11-14-15(16)12(3)18-19(14)4/h13,17H,5-11H2,1-4H3. The van der Waals surface area contributed by atoms with Gasteiger partial charge in [-0.05, 0) is 32.7 Å². The van der Waals surface area contributed by atoms with Crippen LogP contribution in [0.4, 0.5) is 0 Å². The van der Waals surface area contributed by atoms with Crippen molar-refractivity contribution in [2.75, 3.05) is 19.8 Å². The molecule has 0 bridgehead atoms. The highest BCUT2D eigenvalue weighted by Gasteiger charge is 2.16. The first-order valence-electron chi connectivity index (χ1n) is 7.59. The maximum absolute atomic E-state index is 6.33. The molecule has 1 aromatic rings. The van der Waals surface area contributed by atoms with Gasteiger partial charge < -0.3 is 10.1 Å². The number of aromatic nitrogens is 2. The highest BCUT2D eigenvalue weighted by molar-refractivity contribution is 6.31. The summed E-state index contributed by atoms with van der Waals surface area (Å²) in [6, 6.07) is 0.388. The number of aryl methyl sites for hydroxylation is 2. The molecule has 0 radical (unpaired) electrons. The first-order valence-corrected chi connectivity index (χ1v) is 7.97. The third kappa shape index (κ3) is 5.43. The van der Waals surface area contributed by atoms with E-state index in [1.807, 2.05) is 18.7 Å². The monoisotopic (exact) mass is 301 g/mol. The molecule has 0 saturated carbocycles. The molecule has 0 saturated heterocycles. The molecular formula is C15H28ClN3O. The largest absolute Gasteiger partial charge is 0.381 e. The Balaban J connectivity index is 2.58. The van der Waals surface area contributed by atoms with Crippen LogP contribution >= 0.6 is 11.6 Å². The van der Waals surface area contributed by atoms with Crippen LogP contribution in [0, 0.1) is 6.92 Å². The van der Waals surface area contributed by atoms with Crippen molar-refractivity contribution in [2.45, 2.75) is 52.5 Å². The van der Waals surface area contributed by atoms with E-state index >= 15 is 0 Å². The van der Waals surface area contributed by atoms with E-state index in [4.69, 9.17) is 16.3 Å². The molecule has 1 aromatic heterocycles. The number of ether oxygens (including phenoxy) is 1. The Morgan fingerprint density at radius 1 is 1.30 bits per heavy atom. The molecule has 0 fully saturated rings. The van der Waals surface area contributed by atoms with Gasteiger partial charge in [-0.3, -0.25) is 4.68 Å².